The average molecular weight is 252 g/mol. The summed E-state index contributed by atoms with van der Waals surface area (Å²) in [6, 6.07) is 26.3. The second-order valence-electron chi connectivity index (χ2n) is 5.42. The van der Waals surface area contributed by atoms with Crippen LogP contribution in [0.4, 0.5) is 0 Å². The monoisotopic (exact) mass is 252 g/mol. The molecule has 0 nitrogen and oxygen atoms in total. The van der Waals surface area contributed by atoms with Crippen molar-refractivity contribution in [3.8, 4) is 0 Å². The fraction of sp³-hybridized carbons (Fsp3) is 0. The van der Waals surface area contributed by atoms with Crippen LogP contribution in [0.2, 0.25) is 0 Å². The first-order valence-electron chi connectivity index (χ1n) is 6.98. The predicted octanol–water partition coefficient (Wildman–Crippen LogP) is 5.74. The van der Waals surface area contributed by atoms with Crippen LogP contribution in [0.25, 0.3) is 43.1 Å². The van der Waals surface area contributed by atoms with Gasteiger partial charge in [-0.05, 0) is 49.2 Å². The minimum atomic E-state index is 1.33. The van der Waals surface area contributed by atoms with Gasteiger partial charge in [-0.3, -0.25) is 0 Å². The van der Waals surface area contributed by atoms with E-state index in [1.165, 1.54) is 43.1 Å². The Morgan fingerprint density at radius 3 is 2.00 bits per heavy atom. The molecule has 0 radical (unpaired) electrons. The van der Waals surface area contributed by atoms with E-state index >= 15 is 0 Å². The molecule has 0 saturated heterocycles. The molecule has 5 rings (SSSR count). The van der Waals surface area contributed by atoms with E-state index in [0.29, 0.717) is 0 Å². The van der Waals surface area contributed by atoms with Crippen molar-refractivity contribution in [3.63, 3.8) is 0 Å². The molecule has 5 aromatic rings. The van der Waals surface area contributed by atoms with E-state index in [1.807, 2.05) is 0 Å². The van der Waals surface area contributed by atoms with Gasteiger partial charge in [-0.2, -0.15) is 0 Å². The topological polar surface area (TPSA) is 0 Å². The normalized spacial score (nSPS) is 12.0. The predicted molar refractivity (Wildman–Crippen MR) is 87.7 cm³/mol. The highest BCUT2D eigenvalue weighted by Gasteiger charge is 2.14. The average Bonchev–Trinajstić information content (AvgIpc) is 2.88. The quantitative estimate of drug-likeness (QED) is 0.330. The molecule has 0 unspecified atom stereocenters. The van der Waals surface area contributed by atoms with Gasteiger partial charge in [0, 0.05) is 0 Å². The van der Waals surface area contributed by atoms with Crippen molar-refractivity contribution in [2.24, 2.45) is 0 Å². The molecular formula is C20H12. The van der Waals surface area contributed by atoms with Crippen molar-refractivity contribution in [3.05, 3.63) is 72.8 Å². The van der Waals surface area contributed by atoms with E-state index in [4.69, 9.17) is 0 Å². The Balaban J connectivity index is 2.23. The second kappa shape index (κ2) is 3.49. The zero-order chi connectivity index (χ0) is 13.1. The first-order chi connectivity index (χ1) is 9.93. The van der Waals surface area contributed by atoms with Gasteiger partial charge in [0.15, 0.2) is 0 Å². The molecule has 0 heterocycles. The van der Waals surface area contributed by atoms with Crippen LogP contribution in [0, 0.1) is 0 Å². The molecule has 0 spiro atoms. The summed E-state index contributed by atoms with van der Waals surface area (Å²) in [6.07, 6.45) is 0. The van der Waals surface area contributed by atoms with Crippen molar-refractivity contribution in [1.82, 2.24) is 0 Å². The van der Waals surface area contributed by atoms with E-state index < -0.39 is 0 Å². The summed E-state index contributed by atoms with van der Waals surface area (Å²) in [4.78, 5) is 0. The molecule has 0 fully saturated rings. The van der Waals surface area contributed by atoms with Crippen LogP contribution in [-0.2, 0) is 0 Å². The van der Waals surface area contributed by atoms with Crippen LogP contribution >= 0.6 is 0 Å². The highest BCUT2D eigenvalue weighted by atomic mass is 14.2. The summed E-state index contributed by atoms with van der Waals surface area (Å²) in [5.74, 6) is 0. The molecule has 0 aromatic heterocycles. The summed E-state index contributed by atoms with van der Waals surface area (Å²) in [5.41, 5.74) is 0. The molecule has 0 bridgehead atoms. The molecular weight excluding hydrogens is 240 g/mol. The molecule has 0 aliphatic heterocycles. The van der Waals surface area contributed by atoms with E-state index in [1.54, 1.807) is 0 Å². The Morgan fingerprint density at radius 2 is 1.10 bits per heavy atom. The number of hydrogen-bond donors (Lipinski definition) is 0. The summed E-state index contributed by atoms with van der Waals surface area (Å²) in [6.45, 7) is 0. The number of hydrogen-bond acceptors (Lipinski definition) is 0. The largest absolute Gasteiger partial charge is 0.0622 e. The van der Waals surface area contributed by atoms with Crippen LogP contribution in [0.5, 0.6) is 0 Å². The number of fused-ring (bicyclic) bond motifs is 5. The molecule has 0 saturated carbocycles. The molecule has 5 aromatic carbocycles. The second-order valence-corrected chi connectivity index (χ2v) is 5.42. The molecule has 0 atom stereocenters. The van der Waals surface area contributed by atoms with Crippen molar-refractivity contribution in [2.75, 3.05) is 0 Å². The summed E-state index contributed by atoms with van der Waals surface area (Å²) in [5, 5.41) is 11.0. The molecule has 20 heavy (non-hydrogen) atoms. The lowest BCUT2D eigenvalue weighted by atomic mass is 10.1. The molecule has 0 aliphatic rings. The molecule has 0 N–H and O–H groups in total. The lowest BCUT2D eigenvalue weighted by molar-refractivity contribution is 1.85. The van der Waals surface area contributed by atoms with Gasteiger partial charge in [0.05, 0.1) is 0 Å². The Labute approximate surface area is 116 Å². The minimum Gasteiger partial charge on any atom is -0.0622 e. The van der Waals surface area contributed by atoms with E-state index in [-0.39, 0.29) is 0 Å². The molecule has 0 aliphatic carbocycles. The van der Waals surface area contributed by atoms with Gasteiger partial charge in [-0.1, -0.05) is 66.7 Å². The molecule has 0 amide bonds. The third kappa shape index (κ3) is 1.12. The van der Waals surface area contributed by atoms with Crippen molar-refractivity contribution >= 4 is 43.1 Å². The number of rotatable bonds is 0. The van der Waals surface area contributed by atoms with Crippen LogP contribution in [-0.4, -0.2) is 0 Å². The summed E-state index contributed by atoms with van der Waals surface area (Å²) in [7, 11) is 0. The fourth-order valence-electron chi connectivity index (χ4n) is 3.56. The van der Waals surface area contributed by atoms with Gasteiger partial charge in [0.25, 0.3) is 0 Å². The van der Waals surface area contributed by atoms with E-state index in [2.05, 4.69) is 72.8 Å². The van der Waals surface area contributed by atoms with Crippen molar-refractivity contribution in [2.45, 2.75) is 0 Å². The fourth-order valence-corrected chi connectivity index (χ4v) is 3.56. The maximum absolute atomic E-state index is 2.33. The van der Waals surface area contributed by atoms with E-state index in [9.17, 15) is 0 Å². The lowest BCUT2D eigenvalue weighted by Crippen LogP contribution is -1.71. The van der Waals surface area contributed by atoms with Gasteiger partial charge in [0.1, 0.15) is 0 Å². The first-order valence-corrected chi connectivity index (χ1v) is 6.98. The van der Waals surface area contributed by atoms with Crippen LogP contribution < -0.4 is 0 Å². The Hall–Kier alpha value is -2.60. The zero-order valence-electron chi connectivity index (χ0n) is 10.9. The maximum Gasteiger partial charge on any atom is -0.00199 e. The van der Waals surface area contributed by atoms with E-state index in [0.717, 1.165) is 0 Å². The third-order valence-electron chi connectivity index (χ3n) is 4.37. The van der Waals surface area contributed by atoms with Crippen molar-refractivity contribution in [1.29, 1.82) is 0 Å². The summed E-state index contributed by atoms with van der Waals surface area (Å²) >= 11 is 0. The molecule has 0 heteroatoms. The van der Waals surface area contributed by atoms with Gasteiger partial charge >= 0.3 is 0 Å². The lowest BCUT2D eigenvalue weighted by Gasteiger charge is -1.98. The number of benzene rings is 2. The van der Waals surface area contributed by atoms with Crippen LogP contribution in [0.1, 0.15) is 0 Å². The SMILES string of the molecule is c1ccc2cc3c4cccc5cccc(c54)c3c2cc1. The first kappa shape index (κ1) is 10.2. The Bertz CT molecular complexity index is 1080. The summed E-state index contributed by atoms with van der Waals surface area (Å²) < 4.78 is 0. The molecule has 92 valence electrons. The van der Waals surface area contributed by atoms with Crippen LogP contribution in [0.3, 0.4) is 0 Å². The van der Waals surface area contributed by atoms with Crippen molar-refractivity contribution < 1.29 is 0 Å². The Morgan fingerprint density at radius 1 is 0.400 bits per heavy atom. The van der Waals surface area contributed by atoms with Gasteiger partial charge in [0.2, 0.25) is 0 Å². The highest BCUT2D eigenvalue weighted by Crippen LogP contribution is 2.42. The standard InChI is InChI=1S/C20H12/c1-2-6-14-12-18-16-10-4-7-13-8-5-11-17(19(13)16)20(18)15(14)9-3-1/h1-12H. The highest BCUT2D eigenvalue weighted by molar-refractivity contribution is 6.37. The minimum absolute atomic E-state index is 1.33. The smallest absolute Gasteiger partial charge is 0.00199 e. The van der Waals surface area contributed by atoms with Gasteiger partial charge in [-0.15, -0.1) is 0 Å². The van der Waals surface area contributed by atoms with Gasteiger partial charge in [-0.25, -0.2) is 0 Å². The zero-order valence-corrected chi connectivity index (χ0v) is 10.9. The maximum atomic E-state index is 2.33. The third-order valence-corrected chi connectivity index (χ3v) is 4.37. The van der Waals surface area contributed by atoms with Gasteiger partial charge < -0.3 is 0 Å². The Kier molecular flexibility index (Phi) is 1.78. The van der Waals surface area contributed by atoms with Crippen LogP contribution in [0.15, 0.2) is 72.8 Å².